The predicted octanol–water partition coefficient (Wildman–Crippen LogP) is 1.50. The van der Waals surface area contributed by atoms with Crippen LogP contribution in [0.2, 0.25) is 0 Å². The molecule has 3 aliphatic heterocycles. The van der Waals surface area contributed by atoms with Crippen LogP contribution >= 0.6 is 0 Å². The van der Waals surface area contributed by atoms with Crippen LogP contribution in [0.15, 0.2) is 30.4 Å². The zero-order chi connectivity index (χ0) is 23.8. The Labute approximate surface area is 194 Å². The number of methoxy groups -OCH3 is 3. The summed E-state index contributed by atoms with van der Waals surface area (Å²) in [6, 6.07) is 5.15. The molecule has 0 amide bonds. The zero-order valence-electron chi connectivity index (χ0n) is 19.8. The van der Waals surface area contributed by atoms with Crippen molar-refractivity contribution in [2.75, 3.05) is 46.4 Å². The number of benzene rings is 1. The van der Waals surface area contributed by atoms with Gasteiger partial charge in [0.15, 0.2) is 5.60 Å². The Morgan fingerprint density at radius 3 is 2.58 bits per heavy atom. The molecule has 0 bridgehead atoms. The molecule has 6 atom stereocenters. The molecule has 2 fully saturated rings. The van der Waals surface area contributed by atoms with Gasteiger partial charge in [0.05, 0.1) is 27.4 Å². The van der Waals surface area contributed by atoms with Gasteiger partial charge in [-0.1, -0.05) is 25.1 Å². The highest BCUT2D eigenvalue weighted by molar-refractivity contribution is 5.92. The fourth-order valence-electron chi connectivity index (χ4n) is 7.89. The van der Waals surface area contributed by atoms with Gasteiger partial charge in [0, 0.05) is 42.2 Å². The molecular formula is C25H32N2O6. The lowest BCUT2D eigenvalue weighted by Gasteiger charge is -2.63. The third kappa shape index (κ3) is 2.38. The van der Waals surface area contributed by atoms with Crippen molar-refractivity contribution in [1.82, 2.24) is 4.90 Å². The highest BCUT2D eigenvalue weighted by Crippen LogP contribution is 2.68. The minimum absolute atomic E-state index is 0.0869. The molecule has 0 aromatic heterocycles. The number of carbonyl (C=O) groups is 2. The van der Waals surface area contributed by atoms with E-state index in [0.29, 0.717) is 12.2 Å². The summed E-state index contributed by atoms with van der Waals surface area (Å²) in [7, 11) is 6.06. The SMILES string of the molecule is CC[C@]12C=CCN3CC[C@]4(c5ccc(OC)cc5N(C)[C@@H]4[C@](O)(C(=O)OC)[C@H]1C(=O)OC)[C@@H]32. The second-order valence-electron chi connectivity index (χ2n) is 9.73. The molecule has 33 heavy (non-hydrogen) atoms. The molecule has 3 heterocycles. The number of aliphatic hydroxyl groups is 1. The molecule has 1 N–H and O–H groups in total. The maximum Gasteiger partial charge on any atom is 0.341 e. The van der Waals surface area contributed by atoms with E-state index in [1.807, 2.05) is 31.0 Å². The summed E-state index contributed by atoms with van der Waals surface area (Å²) in [6.45, 7) is 3.58. The molecule has 8 nitrogen and oxygen atoms in total. The average molecular weight is 457 g/mol. The molecule has 5 rings (SSSR count). The number of esters is 2. The van der Waals surface area contributed by atoms with Crippen molar-refractivity contribution in [3.8, 4) is 5.75 Å². The van der Waals surface area contributed by atoms with Crippen molar-refractivity contribution in [2.45, 2.75) is 42.9 Å². The number of ether oxygens (including phenoxy) is 3. The summed E-state index contributed by atoms with van der Waals surface area (Å²) >= 11 is 0. The molecule has 1 aliphatic carbocycles. The Balaban J connectivity index is 1.88. The van der Waals surface area contributed by atoms with Gasteiger partial charge in [0.1, 0.15) is 11.7 Å². The predicted molar refractivity (Wildman–Crippen MR) is 121 cm³/mol. The minimum atomic E-state index is -2.12. The molecule has 1 saturated carbocycles. The highest BCUT2D eigenvalue weighted by Gasteiger charge is 2.80. The average Bonchev–Trinajstić information content (AvgIpc) is 3.35. The third-order valence-corrected chi connectivity index (χ3v) is 8.86. The van der Waals surface area contributed by atoms with Crippen molar-refractivity contribution < 1.29 is 28.9 Å². The summed E-state index contributed by atoms with van der Waals surface area (Å²) in [5.74, 6) is -1.83. The number of hydrogen-bond acceptors (Lipinski definition) is 8. The summed E-state index contributed by atoms with van der Waals surface area (Å²) in [6.07, 6.45) is 5.42. The molecule has 178 valence electrons. The molecule has 1 aromatic rings. The number of carbonyl (C=O) groups excluding carboxylic acids is 2. The lowest BCUT2D eigenvalue weighted by Crippen LogP contribution is -2.80. The van der Waals surface area contributed by atoms with E-state index < -0.39 is 40.3 Å². The zero-order valence-corrected chi connectivity index (χ0v) is 19.8. The van der Waals surface area contributed by atoms with Gasteiger partial charge in [0.25, 0.3) is 0 Å². The van der Waals surface area contributed by atoms with E-state index in [4.69, 9.17) is 14.2 Å². The molecule has 0 unspecified atom stereocenters. The number of rotatable bonds is 4. The van der Waals surface area contributed by atoms with Crippen LogP contribution in [0, 0.1) is 11.3 Å². The molecule has 0 radical (unpaired) electrons. The van der Waals surface area contributed by atoms with Gasteiger partial charge in [-0.2, -0.15) is 0 Å². The van der Waals surface area contributed by atoms with Crippen molar-refractivity contribution >= 4 is 17.6 Å². The van der Waals surface area contributed by atoms with E-state index >= 15 is 0 Å². The van der Waals surface area contributed by atoms with Crippen LogP contribution in [0.3, 0.4) is 0 Å². The van der Waals surface area contributed by atoms with Gasteiger partial charge in [-0.15, -0.1) is 0 Å². The van der Waals surface area contributed by atoms with Crippen LogP contribution in [0.1, 0.15) is 25.3 Å². The van der Waals surface area contributed by atoms with Crippen molar-refractivity contribution in [3.05, 3.63) is 35.9 Å². The minimum Gasteiger partial charge on any atom is -0.497 e. The monoisotopic (exact) mass is 456 g/mol. The van der Waals surface area contributed by atoms with Gasteiger partial charge >= 0.3 is 11.9 Å². The van der Waals surface area contributed by atoms with Crippen LogP contribution < -0.4 is 9.64 Å². The molecule has 8 heteroatoms. The Hall–Kier alpha value is -2.58. The normalized spacial score (nSPS) is 38.4. The van der Waals surface area contributed by atoms with E-state index in [1.165, 1.54) is 14.2 Å². The summed E-state index contributed by atoms with van der Waals surface area (Å²) in [5, 5.41) is 12.5. The van der Waals surface area contributed by atoms with E-state index in [9.17, 15) is 14.7 Å². The second kappa shape index (κ2) is 7.21. The quantitative estimate of drug-likeness (QED) is 0.539. The Morgan fingerprint density at radius 1 is 1.18 bits per heavy atom. The smallest absolute Gasteiger partial charge is 0.341 e. The standard InChI is InChI=1S/C25H32N2O6/c1-6-23-10-7-12-27-13-11-24(20(23)27)16-9-8-15(31-3)14-17(16)26(2)21(24)25(30,22(29)33-5)18(23)19(28)32-4/h7-10,14,18,20-21,30H,6,11-13H2,1-5H3/t18-,20-,21-,23-,24-,25-/m0/s1. The van der Waals surface area contributed by atoms with Crippen LogP contribution in [-0.2, 0) is 24.5 Å². The van der Waals surface area contributed by atoms with Crippen LogP contribution in [0.5, 0.6) is 5.75 Å². The molecule has 1 saturated heterocycles. The Bertz CT molecular complexity index is 1040. The van der Waals surface area contributed by atoms with Gasteiger partial charge in [-0.05, 0) is 31.0 Å². The molecular weight excluding hydrogens is 424 g/mol. The third-order valence-electron chi connectivity index (χ3n) is 8.86. The van der Waals surface area contributed by atoms with E-state index in [1.54, 1.807) is 7.11 Å². The number of anilines is 1. The van der Waals surface area contributed by atoms with Crippen LogP contribution in [0.25, 0.3) is 0 Å². The number of nitrogens with zero attached hydrogens (tertiary/aromatic N) is 2. The number of hydrogen-bond donors (Lipinski definition) is 1. The lowest BCUT2D eigenvalue weighted by atomic mass is 9.45. The van der Waals surface area contributed by atoms with Gasteiger partial charge in [-0.25, -0.2) is 4.79 Å². The highest BCUT2D eigenvalue weighted by atomic mass is 16.5. The summed E-state index contributed by atoms with van der Waals surface area (Å²) in [4.78, 5) is 31.3. The maximum absolute atomic E-state index is 13.5. The molecule has 1 spiro atoms. The first-order valence-corrected chi connectivity index (χ1v) is 11.5. The first-order chi connectivity index (χ1) is 15.8. The van der Waals surface area contributed by atoms with Crippen LogP contribution in [-0.4, -0.2) is 81.1 Å². The fourth-order valence-corrected chi connectivity index (χ4v) is 7.89. The summed E-state index contributed by atoms with van der Waals surface area (Å²) in [5.41, 5.74) is -1.53. The van der Waals surface area contributed by atoms with E-state index in [2.05, 4.69) is 23.1 Å². The first kappa shape index (κ1) is 22.2. The second-order valence-corrected chi connectivity index (χ2v) is 9.73. The fraction of sp³-hybridized carbons (Fsp3) is 0.600. The van der Waals surface area contributed by atoms with E-state index in [-0.39, 0.29) is 6.04 Å². The maximum atomic E-state index is 13.5. The van der Waals surface area contributed by atoms with E-state index in [0.717, 1.165) is 30.8 Å². The first-order valence-electron chi connectivity index (χ1n) is 11.5. The van der Waals surface area contributed by atoms with Crippen LogP contribution in [0.4, 0.5) is 5.69 Å². The topological polar surface area (TPSA) is 88.5 Å². The van der Waals surface area contributed by atoms with Gasteiger partial charge in [-0.3, -0.25) is 9.69 Å². The van der Waals surface area contributed by atoms with Gasteiger partial charge < -0.3 is 24.2 Å². The molecule has 4 aliphatic rings. The van der Waals surface area contributed by atoms with Gasteiger partial charge in [0.2, 0.25) is 0 Å². The van der Waals surface area contributed by atoms with Crippen molar-refractivity contribution in [3.63, 3.8) is 0 Å². The van der Waals surface area contributed by atoms with Crippen molar-refractivity contribution in [1.29, 1.82) is 0 Å². The summed E-state index contributed by atoms with van der Waals surface area (Å²) < 4.78 is 15.9. The molecule has 1 aromatic carbocycles. The number of likely N-dealkylation sites (N-methyl/N-ethyl adjacent to an activating group) is 1. The Morgan fingerprint density at radius 2 is 1.94 bits per heavy atom. The largest absolute Gasteiger partial charge is 0.497 e. The number of fused-ring (bicyclic) bond motifs is 1. The lowest BCUT2D eigenvalue weighted by molar-refractivity contribution is -0.209. The Kier molecular flexibility index (Phi) is 4.85. The van der Waals surface area contributed by atoms with Crippen molar-refractivity contribution in [2.24, 2.45) is 11.3 Å².